The number of aliphatic hydroxyl groups is 2. The number of nitrogens with zero attached hydrogens (tertiary/aromatic N) is 1. The molecular formula is C17H21N3O4. The number of aromatic amines is 1. The summed E-state index contributed by atoms with van der Waals surface area (Å²) in [7, 11) is 1.60. The molecule has 1 aromatic carbocycles. The molecule has 1 heterocycles. The van der Waals surface area contributed by atoms with Crippen molar-refractivity contribution in [2.24, 2.45) is 5.92 Å². The summed E-state index contributed by atoms with van der Waals surface area (Å²) in [6.07, 6.45) is 0.447. The summed E-state index contributed by atoms with van der Waals surface area (Å²) in [6.45, 7) is -0.0718. The molecular weight excluding hydrogens is 310 g/mol. The second-order valence-corrected chi connectivity index (χ2v) is 6.05. The number of benzene rings is 1. The minimum Gasteiger partial charge on any atom is -0.497 e. The van der Waals surface area contributed by atoms with Crippen molar-refractivity contribution in [1.82, 2.24) is 15.5 Å². The van der Waals surface area contributed by atoms with E-state index < -0.39 is 6.10 Å². The van der Waals surface area contributed by atoms with Crippen molar-refractivity contribution >= 4 is 5.91 Å². The number of carbonyl (C=O) groups is 1. The van der Waals surface area contributed by atoms with Gasteiger partial charge in [0.1, 0.15) is 11.4 Å². The van der Waals surface area contributed by atoms with E-state index >= 15 is 0 Å². The van der Waals surface area contributed by atoms with Crippen LogP contribution in [-0.2, 0) is 0 Å². The summed E-state index contributed by atoms with van der Waals surface area (Å²) in [5.41, 5.74) is 1.86. The SMILES string of the molecule is COc1cccc(-c2cc(C(=O)N[C@H]3C[C@H](CO)[C@H](O)C3)[nH]n2)c1. The highest BCUT2D eigenvalue weighted by atomic mass is 16.5. The Kier molecular flexibility index (Phi) is 4.82. The van der Waals surface area contributed by atoms with E-state index in [4.69, 9.17) is 4.74 Å². The zero-order chi connectivity index (χ0) is 17.1. The van der Waals surface area contributed by atoms with Gasteiger partial charge in [-0.15, -0.1) is 0 Å². The van der Waals surface area contributed by atoms with Gasteiger partial charge in [0.2, 0.25) is 0 Å². The Bertz CT molecular complexity index is 715. The molecule has 1 saturated carbocycles. The largest absolute Gasteiger partial charge is 0.497 e. The lowest BCUT2D eigenvalue weighted by Crippen LogP contribution is -2.33. The number of carbonyl (C=O) groups excluding carboxylic acids is 1. The Morgan fingerprint density at radius 3 is 2.96 bits per heavy atom. The maximum absolute atomic E-state index is 12.3. The van der Waals surface area contributed by atoms with Crippen LogP contribution in [0.1, 0.15) is 23.3 Å². The zero-order valence-electron chi connectivity index (χ0n) is 13.4. The highest BCUT2D eigenvalue weighted by molar-refractivity contribution is 5.93. The van der Waals surface area contributed by atoms with Gasteiger partial charge in [-0.1, -0.05) is 12.1 Å². The van der Waals surface area contributed by atoms with Gasteiger partial charge in [0.25, 0.3) is 5.91 Å². The van der Waals surface area contributed by atoms with Gasteiger partial charge in [-0.05, 0) is 31.0 Å². The van der Waals surface area contributed by atoms with Crippen LogP contribution >= 0.6 is 0 Å². The van der Waals surface area contributed by atoms with Crippen LogP contribution in [0, 0.1) is 5.92 Å². The molecule has 7 nitrogen and oxygen atoms in total. The molecule has 3 rings (SSSR count). The molecule has 0 saturated heterocycles. The normalized spacial score (nSPS) is 23.2. The molecule has 3 atom stereocenters. The Balaban J connectivity index is 1.68. The van der Waals surface area contributed by atoms with Crippen LogP contribution in [0.25, 0.3) is 11.3 Å². The number of ether oxygens (including phenoxy) is 1. The van der Waals surface area contributed by atoms with Crippen LogP contribution in [0.4, 0.5) is 0 Å². The fraction of sp³-hybridized carbons (Fsp3) is 0.412. The van der Waals surface area contributed by atoms with E-state index in [1.54, 1.807) is 13.2 Å². The number of hydrogen-bond donors (Lipinski definition) is 4. The third kappa shape index (κ3) is 3.42. The lowest BCUT2D eigenvalue weighted by atomic mass is 10.1. The standard InChI is InChI=1S/C17H21N3O4/c1-24-13-4-2-3-10(6-13)14-8-15(20-19-14)17(23)18-12-5-11(9-21)16(22)7-12/h2-4,6,8,11-12,16,21-22H,5,7,9H2,1H3,(H,18,23)(H,19,20)/t11-,12+,16-/m1/s1. The molecule has 0 bridgehead atoms. The number of H-pyrrole nitrogens is 1. The summed E-state index contributed by atoms with van der Waals surface area (Å²) in [5, 5.41) is 28.8. The fourth-order valence-corrected chi connectivity index (χ4v) is 3.05. The van der Waals surface area contributed by atoms with Gasteiger partial charge in [-0.2, -0.15) is 5.10 Å². The van der Waals surface area contributed by atoms with Crippen molar-refractivity contribution in [1.29, 1.82) is 0 Å². The molecule has 0 radical (unpaired) electrons. The van der Waals surface area contributed by atoms with Crippen molar-refractivity contribution in [3.05, 3.63) is 36.0 Å². The van der Waals surface area contributed by atoms with E-state index in [9.17, 15) is 15.0 Å². The van der Waals surface area contributed by atoms with Gasteiger partial charge in [0, 0.05) is 24.1 Å². The van der Waals surface area contributed by atoms with Crippen molar-refractivity contribution in [3.63, 3.8) is 0 Å². The number of aliphatic hydroxyl groups excluding tert-OH is 2. The molecule has 1 aliphatic rings. The Hall–Kier alpha value is -2.38. The van der Waals surface area contributed by atoms with E-state index in [2.05, 4.69) is 15.5 Å². The van der Waals surface area contributed by atoms with Crippen molar-refractivity contribution < 1.29 is 19.7 Å². The van der Waals surface area contributed by atoms with E-state index in [1.807, 2.05) is 24.3 Å². The highest BCUT2D eigenvalue weighted by Crippen LogP contribution is 2.26. The van der Waals surface area contributed by atoms with Crippen LogP contribution in [-0.4, -0.2) is 52.2 Å². The van der Waals surface area contributed by atoms with Crippen molar-refractivity contribution in [3.8, 4) is 17.0 Å². The third-order valence-corrected chi connectivity index (χ3v) is 4.42. The van der Waals surface area contributed by atoms with Gasteiger partial charge >= 0.3 is 0 Å². The average molecular weight is 331 g/mol. The first-order chi connectivity index (χ1) is 11.6. The minimum atomic E-state index is -0.575. The van der Waals surface area contributed by atoms with Gasteiger partial charge in [-0.25, -0.2) is 0 Å². The molecule has 4 N–H and O–H groups in total. The number of rotatable bonds is 5. The first-order valence-electron chi connectivity index (χ1n) is 7.90. The molecule has 1 amide bonds. The molecule has 0 spiro atoms. The lowest BCUT2D eigenvalue weighted by molar-refractivity contribution is 0.0902. The molecule has 24 heavy (non-hydrogen) atoms. The predicted molar refractivity (Wildman–Crippen MR) is 87.6 cm³/mol. The lowest BCUT2D eigenvalue weighted by Gasteiger charge is -2.11. The summed E-state index contributed by atoms with van der Waals surface area (Å²) >= 11 is 0. The Labute approximate surface area is 139 Å². The first kappa shape index (κ1) is 16.5. The molecule has 1 aliphatic carbocycles. The number of methoxy groups -OCH3 is 1. The summed E-state index contributed by atoms with van der Waals surface area (Å²) in [5.74, 6) is 0.272. The third-order valence-electron chi connectivity index (χ3n) is 4.42. The first-order valence-corrected chi connectivity index (χ1v) is 7.90. The highest BCUT2D eigenvalue weighted by Gasteiger charge is 2.33. The molecule has 128 valence electrons. The van der Waals surface area contributed by atoms with Gasteiger partial charge in [0.15, 0.2) is 0 Å². The maximum Gasteiger partial charge on any atom is 0.269 e. The molecule has 2 aromatic rings. The molecule has 1 fully saturated rings. The molecule has 0 aliphatic heterocycles. The number of aromatic nitrogens is 2. The summed E-state index contributed by atoms with van der Waals surface area (Å²) in [4.78, 5) is 12.3. The topological polar surface area (TPSA) is 107 Å². The zero-order valence-corrected chi connectivity index (χ0v) is 13.4. The Morgan fingerprint density at radius 2 is 2.25 bits per heavy atom. The second kappa shape index (κ2) is 7.02. The van der Waals surface area contributed by atoms with E-state index in [-0.39, 0.29) is 24.5 Å². The molecule has 1 aromatic heterocycles. The van der Waals surface area contributed by atoms with Gasteiger partial charge < -0.3 is 20.3 Å². The molecule has 0 unspecified atom stereocenters. The Morgan fingerprint density at radius 1 is 1.42 bits per heavy atom. The number of hydrogen-bond acceptors (Lipinski definition) is 5. The van der Waals surface area contributed by atoms with Gasteiger partial charge in [-0.3, -0.25) is 9.89 Å². The molecule has 7 heteroatoms. The summed E-state index contributed by atoms with van der Waals surface area (Å²) < 4.78 is 5.19. The van der Waals surface area contributed by atoms with Crippen molar-refractivity contribution in [2.75, 3.05) is 13.7 Å². The van der Waals surface area contributed by atoms with Crippen LogP contribution < -0.4 is 10.1 Å². The monoisotopic (exact) mass is 331 g/mol. The predicted octanol–water partition coefficient (Wildman–Crippen LogP) is 0.947. The second-order valence-electron chi connectivity index (χ2n) is 6.05. The van der Waals surface area contributed by atoms with E-state index in [1.165, 1.54) is 0 Å². The fourth-order valence-electron chi connectivity index (χ4n) is 3.05. The smallest absolute Gasteiger partial charge is 0.269 e. The van der Waals surface area contributed by atoms with Crippen molar-refractivity contribution in [2.45, 2.75) is 25.0 Å². The number of nitrogens with one attached hydrogen (secondary N) is 2. The van der Waals surface area contributed by atoms with E-state index in [0.29, 0.717) is 24.2 Å². The summed E-state index contributed by atoms with van der Waals surface area (Å²) in [6, 6.07) is 8.97. The van der Waals surface area contributed by atoms with Crippen LogP contribution in [0.15, 0.2) is 30.3 Å². The minimum absolute atomic E-state index is 0.0718. The van der Waals surface area contributed by atoms with Crippen LogP contribution in [0.3, 0.4) is 0 Å². The maximum atomic E-state index is 12.3. The van der Waals surface area contributed by atoms with Crippen LogP contribution in [0.5, 0.6) is 5.75 Å². The van der Waals surface area contributed by atoms with Crippen LogP contribution in [0.2, 0.25) is 0 Å². The van der Waals surface area contributed by atoms with E-state index in [0.717, 1.165) is 11.3 Å². The quantitative estimate of drug-likeness (QED) is 0.652. The average Bonchev–Trinajstić information content (AvgIpc) is 3.21. The van der Waals surface area contributed by atoms with Gasteiger partial charge in [0.05, 0.1) is 18.9 Å². The number of amides is 1.